The number of aliphatic hydroxyl groups excluding tert-OH is 1. The minimum absolute atomic E-state index is 0.204. The van der Waals surface area contributed by atoms with Gasteiger partial charge in [-0.15, -0.1) is 0 Å². The van der Waals surface area contributed by atoms with Crippen LogP contribution in [-0.2, 0) is 9.59 Å². The minimum Gasteiger partial charge on any atom is -0.482 e. The van der Waals surface area contributed by atoms with Gasteiger partial charge in [-0.2, -0.15) is 0 Å². The Labute approximate surface area is 104 Å². The van der Waals surface area contributed by atoms with Crippen LogP contribution < -0.4 is 15.0 Å². The SMILES string of the molecule is CNc1ccc2c(c1)N(C(=O)C(C)O)C(=O)CO2. The topological polar surface area (TPSA) is 78.9 Å². The van der Waals surface area contributed by atoms with E-state index in [9.17, 15) is 14.7 Å². The van der Waals surface area contributed by atoms with Gasteiger partial charge in [-0.05, 0) is 25.1 Å². The van der Waals surface area contributed by atoms with Gasteiger partial charge in [-0.3, -0.25) is 9.59 Å². The standard InChI is InChI=1S/C12H14N2O4/c1-7(15)12(17)14-9-5-8(13-2)3-4-10(9)18-6-11(14)16/h3-5,7,13,15H,6H2,1-2H3. The molecule has 1 aliphatic heterocycles. The molecule has 2 amide bonds. The second-order valence-corrected chi connectivity index (χ2v) is 3.96. The number of carbonyl (C=O) groups is 2. The Morgan fingerprint density at radius 2 is 2.28 bits per heavy atom. The monoisotopic (exact) mass is 250 g/mol. The molecule has 0 fully saturated rings. The summed E-state index contributed by atoms with van der Waals surface area (Å²) in [6.07, 6.45) is -1.24. The molecule has 2 rings (SSSR count). The number of nitrogens with one attached hydrogen (secondary N) is 1. The highest BCUT2D eigenvalue weighted by Gasteiger charge is 2.32. The zero-order valence-corrected chi connectivity index (χ0v) is 10.1. The maximum absolute atomic E-state index is 11.8. The average molecular weight is 250 g/mol. The van der Waals surface area contributed by atoms with Crippen molar-refractivity contribution in [2.24, 2.45) is 0 Å². The molecule has 0 aromatic heterocycles. The summed E-state index contributed by atoms with van der Waals surface area (Å²) in [5.74, 6) is -0.693. The van der Waals surface area contributed by atoms with Gasteiger partial charge in [0.2, 0.25) is 0 Å². The van der Waals surface area contributed by atoms with Gasteiger partial charge in [-0.25, -0.2) is 4.90 Å². The molecule has 0 saturated carbocycles. The van der Waals surface area contributed by atoms with Crippen molar-refractivity contribution in [3.05, 3.63) is 18.2 Å². The number of hydrogen-bond donors (Lipinski definition) is 2. The molecule has 6 heteroatoms. The largest absolute Gasteiger partial charge is 0.482 e. The molecule has 0 bridgehead atoms. The average Bonchev–Trinajstić information content (AvgIpc) is 2.37. The zero-order valence-electron chi connectivity index (χ0n) is 10.1. The van der Waals surface area contributed by atoms with E-state index in [0.717, 1.165) is 10.6 Å². The van der Waals surface area contributed by atoms with Gasteiger partial charge in [0.1, 0.15) is 11.9 Å². The van der Waals surface area contributed by atoms with Crippen molar-refractivity contribution in [1.82, 2.24) is 0 Å². The van der Waals surface area contributed by atoms with Crippen LogP contribution in [0.1, 0.15) is 6.92 Å². The highest BCUT2D eigenvalue weighted by Crippen LogP contribution is 2.34. The molecule has 1 unspecified atom stereocenters. The van der Waals surface area contributed by atoms with Crippen LogP contribution in [0.5, 0.6) is 5.75 Å². The molecule has 0 aliphatic carbocycles. The fourth-order valence-electron chi connectivity index (χ4n) is 1.74. The van der Waals surface area contributed by atoms with Crippen molar-refractivity contribution in [1.29, 1.82) is 0 Å². The number of ether oxygens (including phenoxy) is 1. The Bertz CT molecular complexity index is 499. The minimum atomic E-state index is -1.24. The Hall–Kier alpha value is -2.08. The molecule has 1 aromatic carbocycles. The molecule has 1 atom stereocenters. The lowest BCUT2D eigenvalue weighted by Gasteiger charge is -2.28. The number of aliphatic hydroxyl groups is 1. The second-order valence-electron chi connectivity index (χ2n) is 3.96. The molecule has 0 radical (unpaired) electrons. The van der Waals surface area contributed by atoms with Crippen LogP contribution in [-0.4, -0.2) is 36.7 Å². The normalized spacial score (nSPS) is 15.7. The molecular formula is C12H14N2O4. The van der Waals surface area contributed by atoms with E-state index in [4.69, 9.17) is 4.74 Å². The van der Waals surface area contributed by atoms with Crippen LogP contribution in [0.3, 0.4) is 0 Å². The smallest absolute Gasteiger partial charge is 0.271 e. The van der Waals surface area contributed by atoms with Gasteiger partial charge in [0.25, 0.3) is 11.8 Å². The summed E-state index contributed by atoms with van der Waals surface area (Å²) in [5, 5.41) is 12.3. The van der Waals surface area contributed by atoms with Gasteiger partial charge in [-0.1, -0.05) is 0 Å². The van der Waals surface area contributed by atoms with E-state index in [1.54, 1.807) is 25.2 Å². The molecular weight excluding hydrogens is 236 g/mol. The first-order valence-corrected chi connectivity index (χ1v) is 5.54. The molecule has 96 valence electrons. The summed E-state index contributed by atoms with van der Waals surface area (Å²) in [4.78, 5) is 24.6. The van der Waals surface area contributed by atoms with Crippen molar-refractivity contribution < 1.29 is 19.4 Å². The molecule has 1 heterocycles. The lowest BCUT2D eigenvalue weighted by Crippen LogP contribution is -2.47. The van der Waals surface area contributed by atoms with Crippen LogP contribution in [0.25, 0.3) is 0 Å². The summed E-state index contributed by atoms with van der Waals surface area (Å²) in [6, 6.07) is 5.09. The van der Waals surface area contributed by atoms with Gasteiger partial charge >= 0.3 is 0 Å². The number of nitrogens with zero attached hydrogens (tertiary/aromatic N) is 1. The first-order chi connectivity index (χ1) is 8.54. The molecule has 2 N–H and O–H groups in total. The Balaban J connectivity index is 2.48. The number of anilines is 2. The quantitative estimate of drug-likeness (QED) is 0.792. The third-order valence-electron chi connectivity index (χ3n) is 2.67. The van der Waals surface area contributed by atoms with Crippen LogP contribution in [0, 0.1) is 0 Å². The molecule has 0 saturated heterocycles. The summed E-state index contributed by atoms with van der Waals surface area (Å²) in [7, 11) is 1.73. The van der Waals surface area contributed by atoms with E-state index in [-0.39, 0.29) is 6.61 Å². The second kappa shape index (κ2) is 4.66. The predicted molar refractivity (Wildman–Crippen MR) is 65.7 cm³/mol. The number of fused-ring (bicyclic) bond motifs is 1. The Morgan fingerprint density at radius 1 is 1.56 bits per heavy atom. The highest BCUT2D eigenvalue weighted by molar-refractivity contribution is 6.18. The van der Waals surface area contributed by atoms with Gasteiger partial charge in [0, 0.05) is 12.7 Å². The zero-order chi connectivity index (χ0) is 13.3. The van der Waals surface area contributed by atoms with Crippen LogP contribution in [0.2, 0.25) is 0 Å². The third kappa shape index (κ3) is 2.02. The Morgan fingerprint density at radius 3 is 2.89 bits per heavy atom. The van der Waals surface area contributed by atoms with Crippen molar-refractivity contribution in [2.45, 2.75) is 13.0 Å². The lowest BCUT2D eigenvalue weighted by atomic mass is 10.2. The molecule has 18 heavy (non-hydrogen) atoms. The lowest BCUT2D eigenvalue weighted by molar-refractivity contribution is -0.132. The summed E-state index contributed by atoms with van der Waals surface area (Å²) in [6.45, 7) is 1.12. The molecule has 1 aliphatic rings. The van der Waals surface area contributed by atoms with Crippen molar-refractivity contribution in [3.63, 3.8) is 0 Å². The summed E-state index contributed by atoms with van der Waals surface area (Å²) < 4.78 is 5.24. The van der Waals surface area contributed by atoms with E-state index in [0.29, 0.717) is 11.4 Å². The van der Waals surface area contributed by atoms with E-state index in [1.807, 2.05) is 0 Å². The molecule has 1 aromatic rings. The fourth-order valence-corrected chi connectivity index (χ4v) is 1.74. The van der Waals surface area contributed by atoms with Crippen LogP contribution in [0.4, 0.5) is 11.4 Å². The van der Waals surface area contributed by atoms with E-state index in [1.165, 1.54) is 6.92 Å². The number of rotatable bonds is 2. The highest BCUT2D eigenvalue weighted by atomic mass is 16.5. The van der Waals surface area contributed by atoms with Gasteiger partial charge in [0.15, 0.2) is 6.61 Å². The number of imide groups is 1. The number of hydrogen-bond acceptors (Lipinski definition) is 5. The van der Waals surface area contributed by atoms with E-state index >= 15 is 0 Å². The summed E-state index contributed by atoms with van der Waals surface area (Å²) in [5.41, 5.74) is 1.10. The first kappa shape index (κ1) is 12.4. The Kier molecular flexibility index (Phi) is 3.20. The molecule has 6 nitrogen and oxygen atoms in total. The van der Waals surface area contributed by atoms with Crippen molar-refractivity contribution in [2.75, 3.05) is 23.9 Å². The third-order valence-corrected chi connectivity index (χ3v) is 2.67. The first-order valence-electron chi connectivity index (χ1n) is 5.54. The number of carbonyl (C=O) groups excluding carboxylic acids is 2. The maximum Gasteiger partial charge on any atom is 0.271 e. The van der Waals surface area contributed by atoms with Crippen LogP contribution >= 0.6 is 0 Å². The van der Waals surface area contributed by atoms with Gasteiger partial charge in [0.05, 0.1) is 5.69 Å². The van der Waals surface area contributed by atoms with Gasteiger partial charge < -0.3 is 15.2 Å². The van der Waals surface area contributed by atoms with E-state index in [2.05, 4.69) is 5.32 Å². The summed E-state index contributed by atoms with van der Waals surface area (Å²) >= 11 is 0. The van der Waals surface area contributed by atoms with E-state index < -0.39 is 17.9 Å². The van der Waals surface area contributed by atoms with Crippen molar-refractivity contribution in [3.8, 4) is 5.75 Å². The predicted octanol–water partition coefficient (Wildman–Crippen LogP) is 0.361. The number of benzene rings is 1. The van der Waals surface area contributed by atoms with Crippen LogP contribution in [0.15, 0.2) is 18.2 Å². The molecule has 0 spiro atoms. The maximum atomic E-state index is 11.8. The number of amides is 2. The fraction of sp³-hybridized carbons (Fsp3) is 0.333. The van der Waals surface area contributed by atoms with Crippen molar-refractivity contribution >= 4 is 23.2 Å².